The smallest absolute Gasteiger partial charge is 0.246 e. The maximum Gasteiger partial charge on any atom is 0.246 e. The highest BCUT2D eigenvalue weighted by Gasteiger charge is 2.33. The molecule has 1 N–H and O–H groups in total. The van der Waals surface area contributed by atoms with Crippen LogP contribution in [0.15, 0.2) is 36.4 Å². The lowest BCUT2D eigenvalue weighted by Crippen LogP contribution is -2.48. The van der Waals surface area contributed by atoms with Crippen LogP contribution in [-0.2, 0) is 22.5 Å². The number of nitrogens with zero attached hydrogens (tertiary/aromatic N) is 1. The van der Waals surface area contributed by atoms with Crippen molar-refractivity contribution in [2.75, 3.05) is 34.5 Å². The van der Waals surface area contributed by atoms with Gasteiger partial charge in [0.1, 0.15) is 6.61 Å². The van der Waals surface area contributed by atoms with Crippen molar-refractivity contribution in [1.29, 1.82) is 0 Å². The second kappa shape index (κ2) is 9.96. The molecule has 0 fully saturated rings. The monoisotopic (exact) mass is 412 g/mol. The van der Waals surface area contributed by atoms with Gasteiger partial charge in [0.15, 0.2) is 11.5 Å². The van der Waals surface area contributed by atoms with Gasteiger partial charge in [-0.1, -0.05) is 29.8 Å². The van der Waals surface area contributed by atoms with Crippen molar-refractivity contribution in [1.82, 2.24) is 10.2 Å². The molecule has 0 aliphatic carbocycles. The normalized spacial score (nSPS) is 17.2. The highest BCUT2D eigenvalue weighted by Crippen LogP contribution is 2.40. The van der Waals surface area contributed by atoms with Gasteiger partial charge in [0, 0.05) is 26.2 Å². The minimum atomic E-state index is -0.118. The van der Waals surface area contributed by atoms with E-state index in [1.807, 2.05) is 6.92 Å². The van der Waals surface area contributed by atoms with Crippen LogP contribution in [-0.4, -0.2) is 51.3 Å². The van der Waals surface area contributed by atoms with Gasteiger partial charge < -0.3 is 19.5 Å². The highest BCUT2D eigenvalue weighted by atomic mass is 16.5. The number of hydrogen-bond acceptors (Lipinski definition) is 5. The summed E-state index contributed by atoms with van der Waals surface area (Å²) in [4.78, 5) is 14.7. The van der Waals surface area contributed by atoms with Gasteiger partial charge in [-0.2, -0.15) is 0 Å². The molecule has 0 bridgehead atoms. The molecule has 0 saturated heterocycles. The van der Waals surface area contributed by atoms with Gasteiger partial charge in [0.2, 0.25) is 5.91 Å². The average Bonchev–Trinajstić information content (AvgIpc) is 2.74. The number of rotatable bonds is 8. The Morgan fingerprint density at radius 2 is 1.80 bits per heavy atom. The van der Waals surface area contributed by atoms with E-state index in [1.54, 1.807) is 14.2 Å². The average molecular weight is 413 g/mol. The molecule has 6 heteroatoms. The fourth-order valence-electron chi connectivity index (χ4n) is 4.23. The summed E-state index contributed by atoms with van der Waals surface area (Å²) in [5.41, 5.74) is 4.89. The zero-order valence-corrected chi connectivity index (χ0v) is 18.5. The summed E-state index contributed by atoms with van der Waals surface area (Å²) in [6, 6.07) is 12.6. The van der Waals surface area contributed by atoms with Crippen molar-refractivity contribution in [3.8, 4) is 11.5 Å². The SMILES string of the molecule is COCC(=O)N[C@H](C)[C@H]1c2cc(OC)c(OC)cc2CCN1Cc1ccc(C)cc1. The number of hydrogen-bond donors (Lipinski definition) is 1. The van der Waals surface area contributed by atoms with Gasteiger partial charge in [-0.05, 0) is 49.1 Å². The molecule has 1 amide bonds. The topological polar surface area (TPSA) is 60.0 Å². The Hall–Kier alpha value is -2.57. The first kappa shape index (κ1) is 22.1. The summed E-state index contributed by atoms with van der Waals surface area (Å²) in [5.74, 6) is 1.32. The van der Waals surface area contributed by atoms with Gasteiger partial charge in [-0.15, -0.1) is 0 Å². The van der Waals surface area contributed by atoms with E-state index in [4.69, 9.17) is 14.2 Å². The molecule has 2 atom stereocenters. The Morgan fingerprint density at radius 3 is 2.43 bits per heavy atom. The molecular formula is C24H32N2O4. The second-order valence-corrected chi connectivity index (χ2v) is 7.85. The number of benzene rings is 2. The first-order valence-corrected chi connectivity index (χ1v) is 10.3. The maximum atomic E-state index is 12.2. The van der Waals surface area contributed by atoms with Crippen molar-refractivity contribution in [3.63, 3.8) is 0 Å². The van der Waals surface area contributed by atoms with Crippen molar-refractivity contribution in [2.45, 2.75) is 38.9 Å². The summed E-state index contributed by atoms with van der Waals surface area (Å²) in [6.07, 6.45) is 0.913. The third-order valence-electron chi connectivity index (χ3n) is 5.67. The summed E-state index contributed by atoms with van der Waals surface area (Å²) in [7, 11) is 4.83. The molecular weight excluding hydrogens is 380 g/mol. The Labute approximate surface area is 179 Å². The third kappa shape index (κ3) is 4.94. The maximum absolute atomic E-state index is 12.2. The van der Waals surface area contributed by atoms with Gasteiger partial charge in [-0.3, -0.25) is 9.69 Å². The van der Waals surface area contributed by atoms with E-state index < -0.39 is 0 Å². The van der Waals surface area contributed by atoms with Crippen LogP contribution in [0.25, 0.3) is 0 Å². The van der Waals surface area contributed by atoms with E-state index in [1.165, 1.54) is 23.8 Å². The van der Waals surface area contributed by atoms with Gasteiger partial charge in [0.05, 0.1) is 20.3 Å². The standard InChI is InChI=1S/C24H32N2O4/c1-16-6-8-18(9-7-16)14-26-11-10-19-12-21(29-4)22(30-5)13-20(19)24(26)17(2)25-23(27)15-28-3/h6-9,12-13,17,24H,10-11,14-15H2,1-5H3,(H,25,27)/t17-,24+/m1/s1. The van der Waals surface area contributed by atoms with Crippen molar-refractivity contribution in [3.05, 3.63) is 58.7 Å². The summed E-state index contributed by atoms with van der Waals surface area (Å²) < 4.78 is 16.1. The van der Waals surface area contributed by atoms with Crippen LogP contribution in [0.2, 0.25) is 0 Å². The number of aryl methyl sites for hydroxylation is 1. The molecule has 0 saturated carbocycles. The predicted molar refractivity (Wildman–Crippen MR) is 117 cm³/mol. The van der Waals surface area contributed by atoms with Crippen molar-refractivity contribution < 1.29 is 19.0 Å². The van der Waals surface area contributed by atoms with Crippen LogP contribution in [0.1, 0.15) is 35.2 Å². The fourth-order valence-corrected chi connectivity index (χ4v) is 4.23. The molecule has 6 nitrogen and oxygen atoms in total. The molecule has 1 heterocycles. The second-order valence-electron chi connectivity index (χ2n) is 7.85. The van der Waals surface area contributed by atoms with Gasteiger partial charge in [-0.25, -0.2) is 0 Å². The molecule has 2 aromatic carbocycles. The largest absolute Gasteiger partial charge is 0.493 e. The quantitative estimate of drug-likeness (QED) is 0.721. The number of amides is 1. The molecule has 30 heavy (non-hydrogen) atoms. The molecule has 0 radical (unpaired) electrons. The Morgan fingerprint density at radius 1 is 1.13 bits per heavy atom. The van der Waals surface area contributed by atoms with Crippen LogP contribution < -0.4 is 14.8 Å². The first-order valence-electron chi connectivity index (χ1n) is 10.3. The molecule has 0 aromatic heterocycles. The molecule has 162 valence electrons. The lowest BCUT2D eigenvalue weighted by atomic mass is 9.87. The number of ether oxygens (including phenoxy) is 3. The Bertz CT molecular complexity index is 866. The first-order chi connectivity index (χ1) is 14.5. The molecule has 0 spiro atoms. The Kier molecular flexibility index (Phi) is 7.34. The number of carbonyl (C=O) groups is 1. The molecule has 3 rings (SSSR count). The fraction of sp³-hybridized carbons (Fsp3) is 0.458. The molecule has 1 aliphatic rings. The molecule has 1 aliphatic heterocycles. The van der Waals surface area contributed by atoms with Crippen LogP contribution in [0.4, 0.5) is 0 Å². The minimum Gasteiger partial charge on any atom is -0.493 e. The Balaban J connectivity index is 1.96. The number of carbonyl (C=O) groups excluding carboxylic acids is 1. The predicted octanol–water partition coefficient (Wildman–Crippen LogP) is 3.26. The summed E-state index contributed by atoms with van der Waals surface area (Å²) in [6.45, 7) is 5.89. The lowest BCUT2D eigenvalue weighted by Gasteiger charge is -2.41. The summed E-state index contributed by atoms with van der Waals surface area (Å²) >= 11 is 0. The zero-order chi connectivity index (χ0) is 21.7. The molecule has 2 aromatic rings. The third-order valence-corrected chi connectivity index (χ3v) is 5.67. The van der Waals surface area contributed by atoms with Crippen LogP contribution in [0.5, 0.6) is 11.5 Å². The van der Waals surface area contributed by atoms with E-state index in [2.05, 4.69) is 53.5 Å². The highest BCUT2D eigenvalue weighted by molar-refractivity contribution is 5.77. The van der Waals surface area contributed by atoms with Gasteiger partial charge in [0.25, 0.3) is 0 Å². The van der Waals surface area contributed by atoms with E-state index in [0.29, 0.717) is 5.75 Å². The van der Waals surface area contributed by atoms with Crippen LogP contribution in [0.3, 0.4) is 0 Å². The van der Waals surface area contributed by atoms with Crippen molar-refractivity contribution >= 4 is 5.91 Å². The summed E-state index contributed by atoms with van der Waals surface area (Å²) in [5, 5.41) is 3.10. The van der Waals surface area contributed by atoms with Crippen LogP contribution >= 0.6 is 0 Å². The molecule has 0 unspecified atom stereocenters. The van der Waals surface area contributed by atoms with E-state index >= 15 is 0 Å². The number of nitrogens with one attached hydrogen (secondary N) is 1. The van der Waals surface area contributed by atoms with E-state index in [-0.39, 0.29) is 24.6 Å². The zero-order valence-electron chi connectivity index (χ0n) is 18.5. The van der Waals surface area contributed by atoms with Gasteiger partial charge >= 0.3 is 0 Å². The minimum absolute atomic E-state index is 0.00988. The number of fused-ring (bicyclic) bond motifs is 1. The van der Waals surface area contributed by atoms with E-state index in [9.17, 15) is 4.79 Å². The van der Waals surface area contributed by atoms with Crippen molar-refractivity contribution in [2.24, 2.45) is 0 Å². The lowest BCUT2D eigenvalue weighted by molar-refractivity contribution is -0.125. The van der Waals surface area contributed by atoms with Crippen LogP contribution in [0, 0.1) is 6.92 Å². The number of methoxy groups -OCH3 is 3. The van der Waals surface area contributed by atoms with E-state index in [0.717, 1.165) is 30.8 Å².